The fourth-order valence-electron chi connectivity index (χ4n) is 1.99. The summed E-state index contributed by atoms with van der Waals surface area (Å²) in [5, 5.41) is 10.9. The second-order valence-electron chi connectivity index (χ2n) is 4.72. The number of nitrogens with zero attached hydrogens (tertiary/aromatic N) is 1. The molecule has 0 aliphatic carbocycles. The van der Waals surface area contributed by atoms with E-state index in [-0.39, 0.29) is 24.0 Å². The molecule has 0 fully saturated rings. The number of hydrogen-bond donors (Lipinski definition) is 2. The molecule has 22 heavy (non-hydrogen) atoms. The first-order valence-electron chi connectivity index (χ1n) is 6.98. The summed E-state index contributed by atoms with van der Waals surface area (Å²) >= 11 is 5.22. The zero-order valence-corrected chi connectivity index (χ0v) is 17.2. The second kappa shape index (κ2) is 11.0. The first-order valence-corrected chi connectivity index (χ1v) is 8.71. The highest BCUT2D eigenvalue weighted by molar-refractivity contribution is 14.0. The van der Waals surface area contributed by atoms with E-state index in [1.807, 2.05) is 0 Å². The van der Waals surface area contributed by atoms with Crippen LogP contribution in [0.3, 0.4) is 0 Å². The van der Waals surface area contributed by atoms with Gasteiger partial charge in [-0.05, 0) is 52.9 Å². The Balaban J connectivity index is 0.00000242. The van der Waals surface area contributed by atoms with E-state index >= 15 is 0 Å². The van der Waals surface area contributed by atoms with Crippen LogP contribution in [0.2, 0.25) is 0 Å². The molecule has 0 bridgehead atoms. The predicted octanol–water partition coefficient (Wildman–Crippen LogP) is 4.43. The van der Waals surface area contributed by atoms with Gasteiger partial charge in [-0.3, -0.25) is 4.99 Å². The molecule has 1 heterocycles. The van der Waals surface area contributed by atoms with Crippen LogP contribution in [0, 0.1) is 0 Å². The molecule has 3 nitrogen and oxygen atoms in total. The lowest BCUT2D eigenvalue weighted by Crippen LogP contribution is -2.37. The van der Waals surface area contributed by atoms with Crippen LogP contribution >= 0.6 is 51.2 Å². The van der Waals surface area contributed by atoms with Gasteiger partial charge in [0.15, 0.2) is 5.96 Å². The number of thiophene rings is 1. The van der Waals surface area contributed by atoms with E-state index in [1.54, 1.807) is 18.4 Å². The van der Waals surface area contributed by atoms with Gasteiger partial charge in [-0.15, -0.1) is 24.0 Å². The van der Waals surface area contributed by atoms with Gasteiger partial charge in [0, 0.05) is 24.6 Å². The minimum absolute atomic E-state index is 0. The van der Waals surface area contributed by atoms with E-state index in [2.05, 4.69) is 72.6 Å². The fourth-order valence-corrected chi connectivity index (χ4v) is 3.11. The van der Waals surface area contributed by atoms with E-state index in [4.69, 9.17) is 0 Å². The number of nitrogens with one attached hydrogen (secondary N) is 2. The van der Waals surface area contributed by atoms with Gasteiger partial charge in [0.05, 0.1) is 0 Å². The molecule has 2 N–H and O–H groups in total. The first kappa shape index (κ1) is 19.4. The van der Waals surface area contributed by atoms with Gasteiger partial charge in [0.2, 0.25) is 0 Å². The maximum atomic E-state index is 4.24. The molecule has 0 atom stereocenters. The van der Waals surface area contributed by atoms with Crippen LogP contribution in [0.4, 0.5) is 0 Å². The molecule has 0 saturated heterocycles. The number of hydrogen-bond acceptors (Lipinski definition) is 2. The van der Waals surface area contributed by atoms with E-state index < -0.39 is 0 Å². The highest BCUT2D eigenvalue weighted by Crippen LogP contribution is 2.12. The molecule has 0 amide bonds. The lowest BCUT2D eigenvalue weighted by molar-refractivity contribution is 0.742. The quantitative estimate of drug-likeness (QED) is 0.270. The topological polar surface area (TPSA) is 36.4 Å². The van der Waals surface area contributed by atoms with Crippen LogP contribution in [0.15, 0.2) is 50.6 Å². The number of guanidine groups is 1. The SMILES string of the molecule is CN=C(NCCCc1cccc(Br)c1)NCc1ccsc1.I. The van der Waals surface area contributed by atoms with E-state index in [9.17, 15) is 0 Å². The second-order valence-corrected chi connectivity index (χ2v) is 6.41. The number of aliphatic imine (C=N–C) groups is 1. The highest BCUT2D eigenvalue weighted by Gasteiger charge is 1.99. The summed E-state index contributed by atoms with van der Waals surface area (Å²) in [5.41, 5.74) is 2.64. The highest BCUT2D eigenvalue weighted by atomic mass is 127. The molecule has 1 aromatic carbocycles. The molecule has 0 spiro atoms. The van der Waals surface area contributed by atoms with Gasteiger partial charge in [-0.2, -0.15) is 11.3 Å². The van der Waals surface area contributed by atoms with Crippen molar-refractivity contribution in [1.29, 1.82) is 0 Å². The summed E-state index contributed by atoms with van der Waals surface area (Å²) in [7, 11) is 1.80. The first-order chi connectivity index (χ1) is 10.3. The van der Waals surface area contributed by atoms with Gasteiger partial charge < -0.3 is 10.6 Å². The number of benzene rings is 1. The van der Waals surface area contributed by atoms with Crippen molar-refractivity contribution < 1.29 is 0 Å². The average Bonchev–Trinajstić information content (AvgIpc) is 3.00. The predicted molar refractivity (Wildman–Crippen MR) is 110 cm³/mol. The maximum absolute atomic E-state index is 4.24. The molecular weight excluding hydrogens is 473 g/mol. The largest absolute Gasteiger partial charge is 0.356 e. The van der Waals surface area contributed by atoms with E-state index in [1.165, 1.54) is 11.1 Å². The Morgan fingerprint density at radius 3 is 2.77 bits per heavy atom. The lowest BCUT2D eigenvalue weighted by atomic mass is 10.1. The molecular formula is C16H21BrIN3S. The Hall–Kier alpha value is -0.600. The monoisotopic (exact) mass is 493 g/mol. The maximum Gasteiger partial charge on any atom is 0.191 e. The van der Waals surface area contributed by atoms with Crippen molar-refractivity contribution in [2.24, 2.45) is 4.99 Å². The number of halogens is 2. The van der Waals surface area contributed by atoms with Crippen LogP contribution < -0.4 is 10.6 Å². The van der Waals surface area contributed by atoms with E-state index in [0.717, 1.165) is 36.4 Å². The van der Waals surface area contributed by atoms with Crippen molar-refractivity contribution >= 4 is 57.2 Å². The Morgan fingerprint density at radius 2 is 2.09 bits per heavy atom. The summed E-state index contributed by atoms with van der Waals surface area (Å²) in [4.78, 5) is 4.24. The van der Waals surface area contributed by atoms with Crippen LogP contribution in [0.1, 0.15) is 17.5 Å². The minimum Gasteiger partial charge on any atom is -0.356 e. The molecule has 120 valence electrons. The zero-order valence-electron chi connectivity index (χ0n) is 12.5. The average molecular weight is 494 g/mol. The zero-order chi connectivity index (χ0) is 14.9. The van der Waals surface area contributed by atoms with Gasteiger partial charge in [0.1, 0.15) is 0 Å². The van der Waals surface area contributed by atoms with Gasteiger partial charge in [-0.25, -0.2) is 0 Å². The van der Waals surface area contributed by atoms with Crippen molar-refractivity contribution in [3.05, 3.63) is 56.7 Å². The third kappa shape index (κ3) is 7.11. The summed E-state index contributed by atoms with van der Waals surface area (Å²) in [5.74, 6) is 0.857. The van der Waals surface area contributed by atoms with Gasteiger partial charge in [-0.1, -0.05) is 28.1 Å². The Morgan fingerprint density at radius 1 is 1.23 bits per heavy atom. The molecule has 2 aromatic rings. The smallest absolute Gasteiger partial charge is 0.191 e. The molecule has 0 aliphatic heterocycles. The Bertz CT molecular complexity index is 573. The van der Waals surface area contributed by atoms with Crippen molar-refractivity contribution in [1.82, 2.24) is 10.6 Å². The standard InChI is InChI=1S/C16H20BrN3S.HI/c1-18-16(20-11-14-7-9-21-12-14)19-8-3-5-13-4-2-6-15(17)10-13;/h2,4,6-7,9-10,12H,3,5,8,11H2,1H3,(H2,18,19,20);1H. The van der Waals surface area contributed by atoms with Crippen molar-refractivity contribution in [3.8, 4) is 0 Å². The van der Waals surface area contributed by atoms with Crippen molar-refractivity contribution in [3.63, 3.8) is 0 Å². The van der Waals surface area contributed by atoms with Gasteiger partial charge in [0.25, 0.3) is 0 Å². The molecule has 1 aromatic heterocycles. The summed E-state index contributed by atoms with van der Waals surface area (Å²) in [6.45, 7) is 1.73. The van der Waals surface area contributed by atoms with Crippen LogP contribution in [0.5, 0.6) is 0 Å². The normalized spacial score (nSPS) is 10.9. The third-order valence-corrected chi connectivity index (χ3v) is 4.31. The number of rotatable bonds is 6. The molecule has 6 heteroatoms. The van der Waals surface area contributed by atoms with Crippen LogP contribution in [0.25, 0.3) is 0 Å². The van der Waals surface area contributed by atoms with Crippen LogP contribution in [-0.4, -0.2) is 19.6 Å². The van der Waals surface area contributed by atoms with Crippen molar-refractivity contribution in [2.45, 2.75) is 19.4 Å². The minimum atomic E-state index is 0. The Labute approximate surface area is 161 Å². The fraction of sp³-hybridized carbons (Fsp3) is 0.312. The molecule has 2 rings (SSSR count). The summed E-state index contributed by atoms with van der Waals surface area (Å²) < 4.78 is 1.14. The van der Waals surface area contributed by atoms with Crippen LogP contribution in [-0.2, 0) is 13.0 Å². The molecule has 0 aliphatic rings. The summed E-state index contributed by atoms with van der Waals surface area (Å²) in [6, 6.07) is 10.6. The molecule has 0 saturated carbocycles. The van der Waals surface area contributed by atoms with Gasteiger partial charge >= 0.3 is 0 Å². The number of aryl methyl sites for hydroxylation is 1. The van der Waals surface area contributed by atoms with E-state index in [0.29, 0.717) is 0 Å². The lowest BCUT2D eigenvalue weighted by Gasteiger charge is -2.11. The Kier molecular flexibility index (Phi) is 9.74. The molecule has 0 radical (unpaired) electrons. The molecule has 0 unspecified atom stereocenters. The van der Waals surface area contributed by atoms with Crippen molar-refractivity contribution in [2.75, 3.05) is 13.6 Å². The third-order valence-electron chi connectivity index (χ3n) is 3.09. The summed E-state index contributed by atoms with van der Waals surface area (Å²) in [6.07, 6.45) is 2.14.